The Morgan fingerprint density at radius 3 is 2.62 bits per heavy atom. The highest BCUT2D eigenvalue weighted by Crippen LogP contribution is 2.22. The van der Waals surface area contributed by atoms with Gasteiger partial charge in [0, 0.05) is 13.1 Å². The second-order valence-electron chi connectivity index (χ2n) is 4.61. The minimum atomic E-state index is -0.595. The molecule has 1 atom stereocenters. The van der Waals surface area contributed by atoms with E-state index in [0.717, 1.165) is 19.6 Å². The number of halogens is 2. The maximum Gasteiger partial charge on any atom is 0.327 e. The molecule has 0 radical (unpaired) electrons. The molecule has 0 aliphatic rings. The highest BCUT2D eigenvalue weighted by Gasteiger charge is 2.21. The van der Waals surface area contributed by atoms with Crippen LogP contribution >= 0.6 is 15.9 Å². The molecule has 1 aromatic carbocycles. The number of esters is 1. The predicted molar refractivity (Wildman–Crippen MR) is 84.6 cm³/mol. The van der Waals surface area contributed by atoms with E-state index in [2.05, 4.69) is 40.0 Å². The number of likely N-dealkylation sites (N-methyl/N-ethyl adjacent to an activating group) is 1. The van der Waals surface area contributed by atoms with Crippen molar-refractivity contribution >= 4 is 21.9 Å². The topological polar surface area (TPSA) is 41.6 Å². The van der Waals surface area contributed by atoms with Gasteiger partial charge in [-0.15, -0.1) is 0 Å². The molecule has 0 aliphatic carbocycles. The first-order chi connectivity index (χ1) is 10.0. The van der Waals surface area contributed by atoms with Gasteiger partial charge >= 0.3 is 5.97 Å². The maximum atomic E-state index is 13.3. The van der Waals surface area contributed by atoms with Crippen LogP contribution in [0.5, 0.6) is 0 Å². The molecular weight excluding hydrogens is 339 g/mol. The molecule has 0 saturated carbocycles. The van der Waals surface area contributed by atoms with Crippen molar-refractivity contribution in [2.45, 2.75) is 19.9 Å². The van der Waals surface area contributed by atoms with E-state index in [4.69, 9.17) is 4.74 Å². The first kappa shape index (κ1) is 18.1. The van der Waals surface area contributed by atoms with E-state index in [1.54, 1.807) is 12.1 Å². The molecule has 4 nitrogen and oxygen atoms in total. The second kappa shape index (κ2) is 9.12. The molecule has 0 heterocycles. The first-order valence-corrected chi connectivity index (χ1v) is 7.81. The number of carbonyl (C=O) groups is 1. The number of hydrogen-bond acceptors (Lipinski definition) is 4. The molecule has 0 aliphatic heterocycles. The normalized spacial score (nSPS) is 12.5. The standard InChI is InChI=1S/C15H22BrFN2O2/c1-4-19(5-2)9-8-18-14(15(20)21-3)11-6-7-13(17)12(16)10-11/h6-7,10,14,18H,4-5,8-9H2,1-3H3. The third-order valence-electron chi connectivity index (χ3n) is 3.38. The van der Waals surface area contributed by atoms with E-state index in [1.165, 1.54) is 13.2 Å². The van der Waals surface area contributed by atoms with Crippen LogP contribution in [0.25, 0.3) is 0 Å². The number of nitrogens with one attached hydrogen (secondary N) is 1. The van der Waals surface area contributed by atoms with Crippen molar-refractivity contribution in [2.75, 3.05) is 33.3 Å². The van der Waals surface area contributed by atoms with Crippen LogP contribution in [0.15, 0.2) is 22.7 Å². The van der Waals surface area contributed by atoms with Crippen LogP contribution < -0.4 is 5.32 Å². The lowest BCUT2D eigenvalue weighted by atomic mass is 10.1. The van der Waals surface area contributed by atoms with Gasteiger partial charge in [0.25, 0.3) is 0 Å². The summed E-state index contributed by atoms with van der Waals surface area (Å²) in [6.07, 6.45) is 0. The summed E-state index contributed by atoms with van der Waals surface area (Å²) in [5.41, 5.74) is 0.676. The molecule has 0 aromatic heterocycles. The molecule has 1 rings (SSSR count). The number of hydrogen-bond donors (Lipinski definition) is 1. The zero-order valence-corrected chi connectivity index (χ0v) is 14.2. The molecular formula is C15H22BrFN2O2. The predicted octanol–water partition coefficient (Wildman–Crippen LogP) is 2.73. The Kier molecular flexibility index (Phi) is 7.85. The molecule has 1 N–H and O–H groups in total. The third-order valence-corrected chi connectivity index (χ3v) is 3.99. The molecule has 0 fully saturated rings. The Morgan fingerprint density at radius 2 is 2.10 bits per heavy atom. The van der Waals surface area contributed by atoms with Crippen molar-refractivity contribution in [1.29, 1.82) is 0 Å². The van der Waals surface area contributed by atoms with E-state index in [0.29, 0.717) is 16.6 Å². The molecule has 0 spiro atoms. The zero-order chi connectivity index (χ0) is 15.8. The summed E-state index contributed by atoms with van der Waals surface area (Å²) < 4.78 is 18.5. The summed E-state index contributed by atoms with van der Waals surface area (Å²) in [5.74, 6) is -0.737. The lowest BCUT2D eigenvalue weighted by molar-refractivity contribution is -0.143. The van der Waals surface area contributed by atoms with Crippen LogP contribution in [0.4, 0.5) is 4.39 Å². The number of carbonyl (C=O) groups excluding carboxylic acids is 1. The smallest absolute Gasteiger partial charge is 0.327 e. The highest BCUT2D eigenvalue weighted by atomic mass is 79.9. The molecule has 6 heteroatoms. The van der Waals surface area contributed by atoms with Crippen LogP contribution in [0.1, 0.15) is 25.5 Å². The van der Waals surface area contributed by atoms with E-state index in [-0.39, 0.29) is 11.8 Å². The number of rotatable bonds is 8. The summed E-state index contributed by atoms with van der Waals surface area (Å²) in [6, 6.07) is 3.93. The van der Waals surface area contributed by atoms with Crippen molar-refractivity contribution < 1.29 is 13.9 Å². The highest BCUT2D eigenvalue weighted by molar-refractivity contribution is 9.10. The Bertz CT molecular complexity index is 467. The summed E-state index contributed by atoms with van der Waals surface area (Å²) in [7, 11) is 1.35. The number of nitrogens with zero attached hydrogens (tertiary/aromatic N) is 1. The minimum absolute atomic E-state index is 0.333. The van der Waals surface area contributed by atoms with Gasteiger partial charge in [-0.1, -0.05) is 19.9 Å². The van der Waals surface area contributed by atoms with Crippen molar-refractivity contribution in [1.82, 2.24) is 10.2 Å². The number of ether oxygens (including phenoxy) is 1. The molecule has 1 aromatic rings. The first-order valence-electron chi connectivity index (χ1n) is 7.01. The fourth-order valence-electron chi connectivity index (χ4n) is 2.05. The number of benzene rings is 1. The minimum Gasteiger partial charge on any atom is -0.468 e. The molecule has 118 valence electrons. The van der Waals surface area contributed by atoms with Crippen molar-refractivity contribution in [3.8, 4) is 0 Å². The summed E-state index contributed by atoms with van der Waals surface area (Å²) >= 11 is 3.14. The second-order valence-corrected chi connectivity index (χ2v) is 5.47. The molecule has 21 heavy (non-hydrogen) atoms. The van der Waals surface area contributed by atoms with Crippen LogP contribution in [0.3, 0.4) is 0 Å². The Labute approximate surface area is 133 Å². The van der Waals surface area contributed by atoms with Gasteiger partial charge in [-0.05, 0) is 46.7 Å². The van der Waals surface area contributed by atoms with Crippen LogP contribution in [-0.4, -0.2) is 44.2 Å². The Morgan fingerprint density at radius 1 is 1.43 bits per heavy atom. The van der Waals surface area contributed by atoms with Gasteiger partial charge < -0.3 is 9.64 Å². The molecule has 1 unspecified atom stereocenters. The summed E-state index contributed by atoms with van der Waals surface area (Å²) in [6.45, 7) is 7.60. The van der Waals surface area contributed by atoms with Gasteiger partial charge in [-0.2, -0.15) is 0 Å². The van der Waals surface area contributed by atoms with Gasteiger partial charge in [-0.3, -0.25) is 5.32 Å². The van der Waals surface area contributed by atoms with Gasteiger partial charge in [0.2, 0.25) is 0 Å². The summed E-state index contributed by atoms with van der Waals surface area (Å²) in [4.78, 5) is 14.2. The lowest BCUT2D eigenvalue weighted by Crippen LogP contribution is -2.36. The number of methoxy groups -OCH3 is 1. The lowest BCUT2D eigenvalue weighted by Gasteiger charge is -2.21. The van der Waals surface area contributed by atoms with Crippen molar-refractivity contribution in [2.24, 2.45) is 0 Å². The average Bonchev–Trinajstić information content (AvgIpc) is 2.50. The van der Waals surface area contributed by atoms with Crippen molar-refractivity contribution in [3.05, 3.63) is 34.1 Å². The van der Waals surface area contributed by atoms with Crippen LogP contribution in [-0.2, 0) is 9.53 Å². The largest absolute Gasteiger partial charge is 0.468 e. The van der Waals surface area contributed by atoms with E-state index >= 15 is 0 Å². The van der Waals surface area contributed by atoms with E-state index in [9.17, 15) is 9.18 Å². The maximum absolute atomic E-state index is 13.3. The quantitative estimate of drug-likeness (QED) is 0.723. The zero-order valence-electron chi connectivity index (χ0n) is 12.7. The molecule has 0 saturated heterocycles. The fraction of sp³-hybridized carbons (Fsp3) is 0.533. The van der Waals surface area contributed by atoms with Gasteiger partial charge in [-0.25, -0.2) is 9.18 Å². The third kappa shape index (κ3) is 5.37. The van der Waals surface area contributed by atoms with Crippen LogP contribution in [0.2, 0.25) is 0 Å². The van der Waals surface area contributed by atoms with Gasteiger partial charge in [0.05, 0.1) is 11.6 Å². The fourth-order valence-corrected chi connectivity index (χ4v) is 2.45. The van der Waals surface area contributed by atoms with Crippen molar-refractivity contribution in [3.63, 3.8) is 0 Å². The summed E-state index contributed by atoms with van der Waals surface area (Å²) in [5, 5.41) is 3.17. The van der Waals surface area contributed by atoms with E-state index in [1.807, 2.05) is 0 Å². The SMILES string of the molecule is CCN(CC)CCNC(C(=O)OC)c1ccc(F)c(Br)c1. The molecule has 0 amide bonds. The monoisotopic (exact) mass is 360 g/mol. The Balaban J connectivity index is 2.76. The van der Waals surface area contributed by atoms with Gasteiger partial charge in [0.15, 0.2) is 0 Å². The Hall–Kier alpha value is -0.980. The van der Waals surface area contributed by atoms with Crippen LogP contribution in [0, 0.1) is 5.82 Å². The average molecular weight is 361 g/mol. The molecule has 0 bridgehead atoms. The van der Waals surface area contributed by atoms with Gasteiger partial charge in [0.1, 0.15) is 11.9 Å². The van der Waals surface area contributed by atoms with E-state index < -0.39 is 6.04 Å².